The highest BCUT2D eigenvalue weighted by molar-refractivity contribution is 5.74. The molecule has 0 aliphatic heterocycles. The van der Waals surface area contributed by atoms with Crippen molar-refractivity contribution in [1.29, 1.82) is 0 Å². The summed E-state index contributed by atoms with van der Waals surface area (Å²) in [6.07, 6.45) is 1.08. The normalized spacial score (nSPS) is 16.5. The molecule has 1 aliphatic rings. The molecule has 0 fully saturated rings. The van der Waals surface area contributed by atoms with Crippen LogP contribution in [-0.4, -0.2) is 27.2 Å². The molecule has 0 amide bonds. The number of nitrogens with one attached hydrogen (secondary N) is 1. The maximum Gasteiger partial charge on any atom is 0.290 e. The molecule has 7 nitrogen and oxygen atoms in total. The lowest BCUT2D eigenvalue weighted by molar-refractivity contribution is 0.259. The van der Waals surface area contributed by atoms with Gasteiger partial charge < -0.3 is 28.7 Å². The average Bonchev–Trinajstić information content (AvgIpc) is 3.44. The topological polar surface area (TPSA) is 74.5 Å². The summed E-state index contributed by atoms with van der Waals surface area (Å²) in [5.74, 6) is 3.16. The Morgan fingerprint density at radius 3 is 2.35 bits per heavy atom. The largest absolute Gasteiger partial charge is 0.495 e. The smallest absolute Gasteiger partial charge is 0.290 e. The molecule has 3 rings (SSSR count). The Balaban J connectivity index is 0.00000235. The van der Waals surface area contributed by atoms with Gasteiger partial charge in [0, 0.05) is 13.0 Å². The summed E-state index contributed by atoms with van der Waals surface area (Å²) in [7, 11) is 4.53. The predicted molar refractivity (Wildman–Crippen MR) is 150 cm³/mol. The maximum atomic E-state index is 6.15. The molecule has 7 heteroatoms. The van der Waals surface area contributed by atoms with Gasteiger partial charge in [0.2, 0.25) is 5.88 Å². The number of methoxy groups -OCH3 is 3. The molecule has 1 unspecified atom stereocenters. The minimum atomic E-state index is 0.100. The van der Waals surface area contributed by atoms with E-state index in [0.29, 0.717) is 40.7 Å². The summed E-state index contributed by atoms with van der Waals surface area (Å²) in [6.45, 7) is 22.6. The number of benzene rings is 1. The zero-order valence-corrected chi connectivity index (χ0v) is 24.0. The first-order chi connectivity index (χ1) is 17.5. The van der Waals surface area contributed by atoms with E-state index in [1.807, 2.05) is 13.8 Å². The molecule has 1 aromatic heterocycles. The Labute approximate surface area is 221 Å². The summed E-state index contributed by atoms with van der Waals surface area (Å²) < 4.78 is 27.9. The molecular weight excluding hydrogens is 468 g/mol. The van der Waals surface area contributed by atoms with Crippen molar-refractivity contribution in [1.82, 2.24) is 5.32 Å². The summed E-state index contributed by atoms with van der Waals surface area (Å²) in [4.78, 5) is 4.30. The van der Waals surface area contributed by atoms with Crippen LogP contribution in [0.4, 0.5) is 0 Å². The van der Waals surface area contributed by atoms with Gasteiger partial charge in [0.05, 0.1) is 27.0 Å². The van der Waals surface area contributed by atoms with Gasteiger partial charge in [-0.1, -0.05) is 53.8 Å². The average molecular weight is 511 g/mol. The van der Waals surface area contributed by atoms with Gasteiger partial charge in [-0.15, -0.1) is 0 Å². The first-order valence-corrected chi connectivity index (χ1v) is 12.5. The molecule has 0 radical (unpaired) electrons. The van der Waals surface area contributed by atoms with E-state index in [4.69, 9.17) is 23.4 Å². The highest BCUT2D eigenvalue weighted by atomic mass is 16.6. The van der Waals surface area contributed by atoms with E-state index < -0.39 is 0 Å². The molecule has 1 aliphatic carbocycles. The van der Waals surface area contributed by atoms with Crippen molar-refractivity contribution in [3.63, 3.8) is 0 Å². The highest BCUT2D eigenvalue weighted by Gasteiger charge is 2.37. The van der Waals surface area contributed by atoms with Crippen LogP contribution in [0.1, 0.15) is 64.0 Å². The van der Waals surface area contributed by atoms with Gasteiger partial charge in [0.1, 0.15) is 17.2 Å². The van der Waals surface area contributed by atoms with Crippen LogP contribution in [0.5, 0.6) is 11.7 Å². The first-order valence-electron chi connectivity index (χ1n) is 12.5. The molecule has 37 heavy (non-hydrogen) atoms. The third-order valence-electron chi connectivity index (χ3n) is 6.71. The number of hydrogen-bond acceptors (Lipinski definition) is 7. The Hall–Kier alpha value is -3.61. The second kappa shape index (κ2) is 12.6. The molecule has 202 valence electrons. The third kappa shape index (κ3) is 6.59. The van der Waals surface area contributed by atoms with E-state index in [9.17, 15) is 0 Å². The van der Waals surface area contributed by atoms with Gasteiger partial charge in [-0.2, -0.15) is 4.99 Å². The van der Waals surface area contributed by atoms with Crippen molar-refractivity contribution in [3.05, 3.63) is 77.2 Å². The number of furan rings is 1. The van der Waals surface area contributed by atoms with Gasteiger partial charge >= 0.3 is 0 Å². The first kappa shape index (κ1) is 29.6. The number of rotatable bonds is 9. The molecule has 0 saturated carbocycles. The van der Waals surface area contributed by atoms with Crippen molar-refractivity contribution in [2.75, 3.05) is 21.3 Å². The number of nitrogens with zero attached hydrogens (tertiary/aromatic N) is 1. The number of fused-ring (bicyclic) bond motifs is 1. The minimum absolute atomic E-state index is 0.100. The van der Waals surface area contributed by atoms with Crippen molar-refractivity contribution in [2.45, 2.75) is 60.3 Å². The van der Waals surface area contributed by atoms with Gasteiger partial charge in [-0.3, -0.25) is 0 Å². The van der Waals surface area contributed by atoms with Crippen molar-refractivity contribution >= 4 is 11.6 Å². The van der Waals surface area contributed by atoms with Crippen LogP contribution < -0.4 is 10.1 Å². The number of ether oxygens (including phenoxy) is 4. The zero-order chi connectivity index (χ0) is 27.9. The van der Waals surface area contributed by atoms with Gasteiger partial charge in [0.25, 0.3) is 5.95 Å². The second-order valence-electron chi connectivity index (χ2n) is 9.27. The van der Waals surface area contributed by atoms with Crippen molar-refractivity contribution in [3.8, 4) is 11.7 Å². The lowest BCUT2D eigenvalue weighted by atomic mass is 9.79. The zero-order valence-electron chi connectivity index (χ0n) is 24.0. The molecule has 0 saturated heterocycles. The van der Waals surface area contributed by atoms with Crippen LogP contribution in [-0.2, 0) is 26.0 Å². The molecule has 1 heterocycles. The van der Waals surface area contributed by atoms with Gasteiger partial charge in [-0.25, -0.2) is 0 Å². The fourth-order valence-electron chi connectivity index (χ4n) is 4.07. The van der Waals surface area contributed by atoms with Crippen molar-refractivity contribution < 1.29 is 23.4 Å². The molecular formula is C30H42N2O5. The molecule has 0 bridgehead atoms. The highest BCUT2D eigenvalue weighted by Crippen LogP contribution is 2.45. The van der Waals surface area contributed by atoms with Crippen LogP contribution in [0.2, 0.25) is 0 Å². The summed E-state index contributed by atoms with van der Waals surface area (Å²) >= 11 is 0. The summed E-state index contributed by atoms with van der Waals surface area (Å²) in [6, 6.07) is 7.92. The van der Waals surface area contributed by atoms with E-state index in [1.165, 1.54) is 32.5 Å². The van der Waals surface area contributed by atoms with Crippen LogP contribution in [0.15, 0.2) is 64.2 Å². The molecule has 1 N–H and O–H groups in total. The van der Waals surface area contributed by atoms with E-state index in [0.717, 1.165) is 17.7 Å². The standard InChI is InChI=1S/C28H36N2O5.C2H6/c1-16-13-21-14-17(2)28(6,7)22(21)15-24(16)35-25-12-11-23(34-25)18(3)29-26(19(4)31-8)27(33-10)30-20(5)32-9;1-2/h11-13,15,17,29H,3-4,14H2,1-2,5-10H3;1-2H3/b27-26-,30-20+;. The maximum absolute atomic E-state index is 6.15. The monoisotopic (exact) mass is 510 g/mol. The van der Waals surface area contributed by atoms with E-state index in [2.05, 4.69) is 63.3 Å². The van der Waals surface area contributed by atoms with Gasteiger partial charge in [-0.05, 0) is 53.5 Å². The number of aryl methyl sites for hydroxylation is 1. The molecule has 0 spiro atoms. The van der Waals surface area contributed by atoms with E-state index in [-0.39, 0.29) is 11.3 Å². The minimum Gasteiger partial charge on any atom is -0.495 e. The lowest BCUT2D eigenvalue weighted by Gasteiger charge is -2.25. The van der Waals surface area contributed by atoms with Crippen LogP contribution >= 0.6 is 0 Å². The van der Waals surface area contributed by atoms with Crippen molar-refractivity contribution in [2.24, 2.45) is 10.9 Å². The fraction of sp³-hybridized carbons (Fsp3) is 0.433. The number of hydrogen-bond donors (Lipinski definition) is 1. The third-order valence-corrected chi connectivity index (χ3v) is 6.71. The van der Waals surface area contributed by atoms with Crippen LogP contribution in [0.3, 0.4) is 0 Å². The van der Waals surface area contributed by atoms with Gasteiger partial charge in [0.15, 0.2) is 11.7 Å². The molecule has 1 aromatic carbocycles. The van der Waals surface area contributed by atoms with Crippen LogP contribution in [0.25, 0.3) is 5.70 Å². The van der Waals surface area contributed by atoms with Crippen LogP contribution in [0, 0.1) is 12.8 Å². The molecule has 1 atom stereocenters. The number of aliphatic imine (C=N–C) groups is 1. The Morgan fingerprint density at radius 2 is 1.76 bits per heavy atom. The SMILES string of the molecule is C=C(OC)/C(NC(=C)c1ccc(Oc2cc3c(cc2C)CC(C)C3(C)C)o1)=C(\N=C(/C)OC)OC.CC. The Morgan fingerprint density at radius 1 is 1.08 bits per heavy atom. The fourth-order valence-corrected chi connectivity index (χ4v) is 4.07. The second-order valence-corrected chi connectivity index (χ2v) is 9.27. The Bertz CT molecular complexity index is 1190. The summed E-state index contributed by atoms with van der Waals surface area (Å²) in [5.41, 5.74) is 4.73. The summed E-state index contributed by atoms with van der Waals surface area (Å²) in [5, 5.41) is 3.13. The van der Waals surface area contributed by atoms with E-state index >= 15 is 0 Å². The van der Waals surface area contributed by atoms with E-state index in [1.54, 1.807) is 19.1 Å². The lowest BCUT2D eigenvalue weighted by Crippen LogP contribution is -2.21. The predicted octanol–water partition coefficient (Wildman–Crippen LogP) is 7.48. The Kier molecular flexibility index (Phi) is 10.1. The quantitative estimate of drug-likeness (QED) is 0.163. The molecule has 2 aromatic rings.